The molecule has 17 nitrogen and oxygen atoms in total. The third kappa shape index (κ3) is 10.1. The lowest BCUT2D eigenvalue weighted by atomic mass is 9.91. The number of nitrogen functional groups attached to an aromatic ring is 1. The summed E-state index contributed by atoms with van der Waals surface area (Å²) in [6, 6.07) is 15.7. The van der Waals surface area contributed by atoms with Gasteiger partial charge in [-0.05, 0) is 55.9 Å². The van der Waals surface area contributed by atoms with Crippen LogP contribution in [0, 0.1) is 24.7 Å². The highest BCUT2D eigenvalue weighted by atomic mass is 32.1. The van der Waals surface area contributed by atoms with Gasteiger partial charge < -0.3 is 44.7 Å². The van der Waals surface area contributed by atoms with E-state index in [9.17, 15) is 19.5 Å². The zero-order valence-corrected chi connectivity index (χ0v) is 39.2. The van der Waals surface area contributed by atoms with E-state index in [1.165, 1.54) is 4.90 Å². The molecule has 3 fully saturated rings. The Morgan fingerprint density at radius 3 is 2.51 bits per heavy atom. The summed E-state index contributed by atoms with van der Waals surface area (Å²) in [7, 11) is 0. The number of fused-ring (bicyclic) bond motifs is 1. The number of anilines is 2. The molecule has 354 valence electrons. The number of aromatic hydroxyl groups is 1. The second-order valence-electron chi connectivity index (χ2n) is 18.1. The topological polar surface area (TPSA) is 213 Å². The summed E-state index contributed by atoms with van der Waals surface area (Å²) in [6.07, 6.45) is 6.60. The molecule has 4 N–H and O–H groups in total. The summed E-state index contributed by atoms with van der Waals surface area (Å²) >= 11 is 1.58. The van der Waals surface area contributed by atoms with E-state index in [1.807, 2.05) is 69.6 Å². The van der Waals surface area contributed by atoms with E-state index < -0.39 is 18.1 Å². The molecular weight excluding hydrogens is 887 g/mol. The van der Waals surface area contributed by atoms with E-state index in [4.69, 9.17) is 24.5 Å². The number of phenolic OH excluding ortho intramolecular Hbond substituents is 1. The molecule has 0 radical (unpaired) electrons. The zero-order valence-electron chi connectivity index (χ0n) is 38.4. The lowest BCUT2D eigenvalue weighted by molar-refractivity contribution is -0.141. The van der Waals surface area contributed by atoms with Crippen molar-refractivity contribution in [2.75, 3.05) is 36.9 Å². The summed E-state index contributed by atoms with van der Waals surface area (Å²) in [5.74, 6) is 6.51. The molecule has 6 heterocycles. The monoisotopic (exact) mass is 941 g/mol. The first kappa shape index (κ1) is 46.3. The van der Waals surface area contributed by atoms with E-state index in [1.54, 1.807) is 46.3 Å². The first-order valence-electron chi connectivity index (χ1n) is 23.0. The predicted octanol–water partition coefficient (Wildman–Crippen LogP) is 6.45. The molecule has 9 rings (SSSR count). The minimum Gasteiger partial charge on any atom is -0.507 e. The molecule has 68 heavy (non-hydrogen) atoms. The number of aryl methyl sites for hydroxylation is 1. The third-order valence-corrected chi connectivity index (χ3v) is 14.1. The molecule has 4 aromatic heterocycles. The SMILES string of the molecule is Cc1ncsc1-c1ccc([C@H](C)NC(=O)[C@@H]2C[C@@H](OC=O)CN2C(=O)[C@@H](c2cc(N3CCC(OC4CC(OCC#Cc5cn6cc(-c7ccccc7O)nc6nc5N)C4)CC3)no2)C(C)C)cc1. The van der Waals surface area contributed by atoms with Gasteiger partial charge in [-0.2, -0.15) is 4.98 Å². The lowest BCUT2D eigenvalue weighted by Gasteiger charge is -2.39. The van der Waals surface area contributed by atoms with E-state index in [0.29, 0.717) is 53.7 Å². The summed E-state index contributed by atoms with van der Waals surface area (Å²) in [4.78, 5) is 57.8. The van der Waals surface area contributed by atoms with Gasteiger partial charge in [-0.25, -0.2) is 9.97 Å². The molecular formula is C50H55N9O8S. The van der Waals surface area contributed by atoms with Crippen LogP contribution in [-0.4, -0.2) is 110 Å². The Kier molecular flexibility index (Phi) is 13.8. The maximum Gasteiger partial charge on any atom is 0.293 e. The number of ether oxygens (including phenoxy) is 3. The number of aromatic nitrogens is 5. The van der Waals surface area contributed by atoms with Gasteiger partial charge in [-0.1, -0.05) is 67.2 Å². The van der Waals surface area contributed by atoms with Gasteiger partial charge in [0.25, 0.3) is 6.47 Å². The smallest absolute Gasteiger partial charge is 0.293 e. The molecule has 2 aliphatic heterocycles. The normalized spacial score (nSPS) is 20.4. The van der Waals surface area contributed by atoms with Gasteiger partial charge in [-0.15, -0.1) is 11.3 Å². The summed E-state index contributed by atoms with van der Waals surface area (Å²) in [6.45, 7) is 9.89. The van der Waals surface area contributed by atoms with Gasteiger partial charge in [0.1, 0.15) is 36.2 Å². The number of para-hydroxylation sites is 1. The van der Waals surface area contributed by atoms with Crippen molar-refractivity contribution in [1.29, 1.82) is 0 Å². The fourth-order valence-electron chi connectivity index (χ4n) is 9.25. The number of carbonyl (C=O) groups excluding carboxylic acids is 3. The Morgan fingerprint density at radius 2 is 1.79 bits per heavy atom. The van der Waals surface area contributed by atoms with Crippen molar-refractivity contribution in [1.82, 2.24) is 34.7 Å². The molecule has 18 heteroatoms. The average Bonchev–Trinajstić information content (AvgIpc) is 4.15. The van der Waals surface area contributed by atoms with Crippen LogP contribution in [0.25, 0.3) is 27.5 Å². The van der Waals surface area contributed by atoms with Crippen LogP contribution in [-0.2, 0) is 28.6 Å². The Morgan fingerprint density at radius 1 is 1.01 bits per heavy atom. The minimum atomic E-state index is -0.844. The standard InChI is InChI=1S/C50H55N9O8S/c1-29(2)45(49(63)59-25-38(65-28-60)22-41(59)48(62)53-30(3)32-11-13-33(14-12-32)46-31(4)52-27-68-46)43-23-44(56-67-43)57-17-15-35(16-18-57)66-37-20-36(21-37)64-19-7-8-34-24-58-26-40(54-50(58)55-47(34)51)39-9-5-6-10-42(39)61/h5-6,9-14,23-24,26-30,35-38,41,45,61H,15-22,25H2,1-4H3,(H,53,62)(H2,51,54,55)/t30-,36?,37?,38+,41-,45+/m0/s1. The van der Waals surface area contributed by atoms with Crippen molar-refractivity contribution < 1.29 is 38.2 Å². The predicted molar refractivity (Wildman–Crippen MR) is 254 cm³/mol. The zero-order chi connectivity index (χ0) is 47.5. The van der Waals surface area contributed by atoms with Gasteiger partial charge in [0.05, 0.1) is 58.2 Å². The second-order valence-corrected chi connectivity index (χ2v) is 18.9. The molecule has 0 unspecified atom stereocenters. The maximum atomic E-state index is 14.5. The number of hydrogen-bond donors (Lipinski definition) is 3. The first-order valence-corrected chi connectivity index (χ1v) is 23.9. The van der Waals surface area contributed by atoms with Crippen molar-refractivity contribution >= 4 is 47.0 Å². The molecule has 2 amide bonds. The number of likely N-dealkylation sites (tertiary alicyclic amines) is 1. The van der Waals surface area contributed by atoms with E-state index in [2.05, 4.69) is 42.2 Å². The quantitative estimate of drug-likeness (QED) is 0.0747. The number of nitrogens with one attached hydrogen (secondary N) is 1. The number of thiazole rings is 1. The molecule has 4 atom stereocenters. The number of carbonyl (C=O) groups is 3. The molecule has 1 saturated carbocycles. The Hall–Kier alpha value is -6.81. The van der Waals surface area contributed by atoms with Crippen LogP contribution in [0.5, 0.6) is 5.75 Å². The van der Waals surface area contributed by atoms with Crippen molar-refractivity contribution in [3.05, 3.63) is 95.1 Å². The van der Waals surface area contributed by atoms with E-state index in [-0.39, 0.29) is 73.2 Å². The van der Waals surface area contributed by atoms with E-state index >= 15 is 0 Å². The minimum absolute atomic E-state index is 0.0621. The number of imidazole rings is 1. The number of nitrogens with zero attached hydrogens (tertiary/aromatic N) is 7. The first-order chi connectivity index (χ1) is 32.9. The molecule has 2 saturated heterocycles. The van der Waals surface area contributed by atoms with Gasteiger partial charge in [0.15, 0.2) is 11.6 Å². The fraction of sp³-hybridized carbons (Fsp3) is 0.420. The average molecular weight is 942 g/mol. The van der Waals surface area contributed by atoms with Crippen LogP contribution in [0.4, 0.5) is 11.6 Å². The number of hydrogen-bond acceptors (Lipinski definition) is 15. The number of benzene rings is 2. The molecule has 1 aliphatic carbocycles. The highest BCUT2D eigenvalue weighted by molar-refractivity contribution is 7.13. The Bertz CT molecular complexity index is 2820. The molecule has 3 aliphatic rings. The molecule has 0 bridgehead atoms. The number of amides is 2. The third-order valence-electron chi connectivity index (χ3n) is 13.1. The van der Waals surface area contributed by atoms with Gasteiger partial charge in [0, 0.05) is 56.4 Å². The summed E-state index contributed by atoms with van der Waals surface area (Å²) < 4.78 is 25.4. The number of piperidine rings is 1. The van der Waals surface area contributed by atoms with Crippen molar-refractivity contribution in [3.8, 4) is 39.3 Å². The Labute approximate surface area is 398 Å². The van der Waals surface area contributed by atoms with Gasteiger partial charge in [-0.3, -0.25) is 18.8 Å². The molecule has 2 aromatic carbocycles. The van der Waals surface area contributed by atoms with Gasteiger partial charge in [0.2, 0.25) is 17.6 Å². The van der Waals surface area contributed by atoms with Crippen LogP contribution < -0.4 is 16.0 Å². The largest absolute Gasteiger partial charge is 0.507 e. The number of rotatable bonds is 15. The van der Waals surface area contributed by atoms with Crippen LogP contribution in [0.3, 0.4) is 0 Å². The van der Waals surface area contributed by atoms with Crippen molar-refractivity contribution in [3.63, 3.8) is 0 Å². The molecule has 6 aromatic rings. The highest BCUT2D eigenvalue weighted by Crippen LogP contribution is 2.36. The lowest BCUT2D eigenvalue weighted by Crippen LogP contribution is -2.48. The van der Waals surface area contributed by atoms with Crippen LogP contribution >= 0.6 is 11.3 Å². The molecule has 0 spiro atoms. The van der Waals surface area contributed by atoms with Crippen molar-refractivity contribution in [2.45, 2.75) is 102 Å². The van der Waals surface area contributed by atoms with Crippen LogP contribution in [0.2, 0.25) is 0 Å². The van der Waals surface area contributed by atoms with Crippen LogP contribution in [0.15, 0.2) is 77.0 Å². The van der Waals surface area contributed by atoms with E-state index in [0.717, 1.165) is 47.4 Å². The van der Waals surface area contributed by atoms with Gasteiger partial charge >= 0.3 is 0 Å². The maximum absolute atomic E-state index is 14.5. The fourth-order valence-corrected chi connectivity index (χ4v) is 10.1. The van der Waals surface area contributed by atoms with Crippen molar-refractivity contribution in [2.24, 2.45) is 5.92 Å². The summed E-state index contributed by atoms with van der Waals surface area (Å²) in [5, 5.41) is 17.7. The number of nitrogens with two attached hydrogens (primary N) is 1. The Balaban J connectivity index is 0.741. The summed E-state index contributed by atoms with van der Waals surface area (Å²) in [5.41, 5.74) is 12.7. The van der Waals surface area contributed by atoms with Crippen LogP contribution in [0.1, 0.15) is 87.4 Å². The highest BCUT2D eigenvalue weighted by Gasteiger charge is 2.45. The second kappa shape index (κ2) is 20.2. The number of phenols is 1.